The van der Waals surface area contributed by atoms with Gasteiger partial charge in [0.05, 0.1) is 4.88 Å². The van der Waals surface area contributed by atoms with Crippen molar-refractivity contribution in [2.24, 2.45) is 0 Å². The minimum absolute atomic E-state index is 0.211. The van der Waals surface area contributed by atoms with Crippen molar-refractivity contribution in [2.45, 2.75) is 33.7 Å². The van der Waals surface area contributed by atoms with Gasteiger partial charge in [-0.2, -0.15) is 5.26 Å². The van der Waals surface area contributed by atoms with Gasteiger partial charge in [0.15, 0.2) is 6.61 Å². The zero-order chi connectivity index (χ0) is 21.4. The molecule has 0 aliphatic carbocycles. The van der Waals surface area contributed by atoms with E-state index in [-0.39, 0.29) is 5.57 Å². The number of thiophene rings is 1. The van der Waals surface area contributed by atoms with E-state index in [9.17, 15) is 19.6 Å². The second-order valence-electron chi connectivity index (χ2n) is 6.20. The van der Waals surface area contributed by atoms with Crippen LogP contribution >= 0.6 is 11.3 Å². The number of carbonyl (C=O) groups excluding carboxylic acids is 3. The van der Waals surface area contributed by atoms with Crippen molar-refractivity contribution in [1.29, 1.82) is 5.26 Å². The highest BCUT2D eigenvalue weighted by Gasteiger charge is 2.16. The molecule has 0 spiro atoms. The number of nitrogens with one attached hydrogen (secondary N) is 2. The molecule has 9 heteroatoms. The third-order valence-corrected chi connectivity index (χ3v) is 4.96. The predicted molar refractivity (Wildman–Crippen MR) is 109 cm³/mol. The molecule has 0 aromatic carbocycles. The number of hydrazine groups is 1. The summed E-state index contributed by atoms with van der Waals surface area (Å²) in [6.45, 7) is 6.16. The zero-order valence-corrected chi connectivity index (χ0v) is 17.3. The summed E-state index contributed by atoms with van der Waals surface area (Å²) in [5.74, 6) is -2.10. The van der Waals surface area contributed by atoms with Crippen molar-refractivity contribution in [3.05, 3.63) is 51.0 Å². The number of amides is 2. The molecule has 0 atom stereocenters. The fourth-order valence-corrected chi connectivity index (χ4v) is 3.29. The van der Waals surface area contributed by atoms with Gasteiger partial charge < -0.3 is 9.30 Å². The van der Waals surface area contributed by atoms with Crippen LogP contribution < -0.4 is 10.9 Å². The first-order chi connectivity index (χ1) is 13.9. The van der Waals surface area contributed by atoms with E-state index in [1.165, 1.54) is 17.4 Å². The number of carbonyl (C=O) groups is 3. The molecule has 0 radical (unpaired) electrons. The largest absolute Gasteiger partial charge is 0.451 e. The van der Waals surface area contributed by atoms with Gasteiger partial charge in [-0.3, -0.25) is 20.4 Å². The second kappa shape index (κ2) is 10.2. The van der Waals surface area contributed by atoms with Gasteiger partial charge in [-0.05, 0) is 49.4 Å². The van der Waals surface area contributed by atoms with Crippen LogP contribution in [0, 0.1) is 25.2 Å². The number of ether oxygens (including phenoxy) is 1. The number of aryl methyl sites for hydroxylation is 1. The van der Waals surface area contributed by atoms with Gasteiger partial charge >= 0.3 is 5.97 Å². The van der Waals surface area contributed by atoms with Crippen molar-refractivity contribution in [1.82, 2.24) is 15.4 Å². The molecule has 2 rings (SSSR count). The first kappa shape index (κ1) is 21.9. The highest BCUT2D eigenvalue weighted by molar-refractivity contribution is 7.12. The summed E-state index contributed by atoms with van der Waals surface area (Å²) >= 11 is 1.22. The zero-order valence-electron chi connectivity index (χ0n) is 16.4. The van der Waals surface area contributed by atoms with Crippen molar-refractivity contribution in [2.75, 3.05) is 6.61 Å². The Morgan fingerprint density at radius 2 is 2.07 bits per heavy atom. The van der Waals surface area contributed by atoms with Crippen LogP contribution in [-0.4, -0.2) is 29.0 Å². The Morgan fingerprint density at radius 1 is 1.31 bits per heavy atom. The molecular formula is C20H22N4O4S. The molecule has 8 nitrogen and oxygen atoms in total. The maximum atomic E-state index is 12.2. The first-order valence-electron chi connectivity index (χ1n) is 8.95. The van der Waals surface area contributed by atoms with Crippen LogP contribution in [0.3, 0.4) is 0 Å². The summed E-state index contributed by atoms with van der Waals surface area (Å²) in [7, 11) is 0. The van der Waals surface area contributed by atoms with Gasteiger partial charge in [0.2, 0.25) is 0 Å². The Labute approximate surface area is 172 Å². The minimum Gasteiger partial charge on any atom is -0.451 e. The summed E-state index contributed by atoms with van der Waals surface area (Å²) in [6.07, 6.45) is 2.41. The van der Waals surface area contributed by atoms with Crippen molar-refractivity contribution < 1.29 is 19.1 Å². The fraction of sp³-hybridized carbons (Fsp3) is 0.300. The third kappa shape index (κ3) is 5.80. The number of nitriles is 1. The van der Waals surface area contributed by atoms with Crippen LogP contribution in [-0.2, 0) is 20.9 Å². The number of esters is 1. The van der Waals surface area contributed by atoms with Crippen molar-refractivity contribution in [3.63, 3.8) is 0 Å². The average molecular weight is 414 g/mol. The van der Waals surface area contributed by atoms with E-state index in [4.69, 9.17) is 4.74 Å². The average Bonchev–Trinajstić information content (AvgIpc) is 3.33. The van der Waals surface area contributed by atoms with Gasteiger partial charge in [-0.1, -0.05) is 13.0 Å². The smallest absolute Gasteiger partial charge is 0.349 e. The third-order valence-electron chi connectivity index (χ3n) is 4.09. The molecule has 0 fully saturated rings. The van der Waals surface area contributed by atoms with E-state index in [2.05, 4.69) is 22.3 Å². The molecule has 2 aromatic heterocycles. The monoisotopic (exact) mass is 414 g/mol. The highest BCUT2D eigenvalue weighted by Crippen LogP contribution is 2.19. The first-order valence-corrected chi connectivity index (χ1v) is 9.83. The predicted octanol–water partition coefficient (Wildman–Crippen LogP) is 2.49. The van der Waals surface area contributed by atoms with Crippen LogP contribution in [0.5, 0.6) is 0 Å². The lowest BCUT2D eigenvalue weighted by molar-refractivity contribution is -0.144. The van der Waals surface area contributed by atoms with Gasteiger partial charge in [-0.25, -0.2) is 4.79 Å². The van der Waals surface area contributed by atoms with E-state index in [0.29, 0.717) is 4.88 Å². The lowest BCUT2D eigenvalue weighted by Crippen LogP contribution is -2.43. The Balaban J connectivity index is 1.93. The highest BCUT2D eigenvalue weighted by atomic mass is 32.1. The SMILES string of the molecule is CCCn1c(C)cc(C=C(C#N)C(=O)OCC(=O)NNC(=O)c2cccs2)c1C. The van der Waals surface area contributed by atoms with Gasteiger partial charge in [0.1, 0.15) is 11.6 Å². The molecule has 0 bridgehead atoms. The molecule has 29 heavy (non-hydrogen) atoms. The van der Waals surface area contributed by atoms with Crippen LogP contribution in [0.25, 0.3) is 6.08 Å². The second-order valence-corrected chi connectivity index (χ2v) is 7.15. The van der Waals surface area contributed by atoms with E-state index in [1.54, 1.807) is 17.5 Å². The van der Waals surface area contributed by atoms with Crippen LogP contribution in [0.1, 0.15) is 40.0 Å². The standard InChI is InChI=1S/C20H22N4O4S/c1-4-7-24-13(2)9-15(14(24)3)10-16(11-21)20(27)28-12-18(25)22-23-19(26)17-6-5-8-29-17/h5-6,8-10H,4,7,12H2,1-3H3,(H,22,25)(H,23,26). The van der Waals surface area contributed by atoms with Crippen LogP contribution in [0.2, 0.25) is 0 Å². The Kier molecular flexibility index (Phi) is 7.74. The Hall–Kier alpha value is -3.38. The Morgan fingerprint density at radius 3 is 2.69 bits per heavy atom. The summed E-state index contributed by atoms with van der Waals surface area (Å²) in [6, 6.07) is 7.01. The van der Waals surface area contributed by atoms with Crippen molar-refractivity contribution in [3.8, 4) is 6.07 Å². The molecule has 2 aromatic rings. The fourth-order valence-electron chi connectivity index (χ4n) is 2.67. The number of hydrogen-bond acceptors (Lipinski definition) is 6. The quantitative estimate of drug-likeness (QED) is 0.313. The Bertz CT molecular complexity index is 968. The molecule has 0 unspecified atom stereocenters. The number of hydrogen-bond donors (Lipinski definition) is 2. The van der Waals surface area contributed by atoms with E-state index < -0.39 is 24.4 Å². The summed E-state index contributed by atoms with van der Waals surface area (Å²) < 4.78 is 6.99. The summed E-state index contributed by atoms with van der Waals surface area (Å²) in [5.41, 5.74) is 6.88. The van der Waals surface area contributed by atoms with Gasteiger partial charge in [-0.15, -0.1) is 11.3 Å². The molecule has 0 saturated carbocycles. The number of aromatic nitrogens is 1. The van der Waals surface area contributed by atoms with Crippen molar-refractivity contribution >= 4 is 35.2 Å². The van der Waals surface area contributed by atoms with Gasteiger partial charge in [0.25, 0.3) is 11.8 Å². The number of nitrogens with zero attached hydrogens (tertiary/aromatic N) is 2. The molecule has 0 aliphatic heterocycles. The van der Waals surface area contributed by atoms with Crippen LogP contribution in [0.15, 0.2) is 29.2 Å². The maximum absolute atomic E-state index is 12.2. The maximum Gasteiger partial charge on any atom is 0.349 e. The molecule has 2 heterocycles. The van der Waals surface area contributed by atoms with E-state index >= 15 is 0 Å². The molecule has 0 saturated heterocycles. The topological polar surface area (TPSA) is 113 Å². The van der Waals surface area contributed by atoms with Crippen LogP contribution in [0.4, 0.5) is 0 Å². The minimum atomic E-state index is -0.910. The summed E-state index contributed by atoms with van der Waals surface area (Å²) in [5, 5.41) is 11.0. The van der Waals surface area contributed by atoms with E-state index in [1.807, 2.05) is 26.0 Å². The lowest BCUT2D eigenvalue weighted by atomic mass is 10.1. The molecular weight excluding hydrogens is 392 g/mol. The normalized spacial score (nSPS) is 10.9. The molecule has 0 aliphatic rings. The molecule has 2 N–H and O–H groups in total. The molecule has 152 valence electrons. The molecule has 2 amide bonds. The van der Waals surface area contributed by atoms with E-state index in [0.717, 1.165) is 29.9 Å². The van der Waals surface area contributed by atoms with Gasteiger partial charge in [0, 0.05) is 17.9 Å². The summed E-state index contributed by atoms with van der Waals surface area (Å²) in [4.78, 5) is 36.1. The lowest BCUT2D eigenvalue weighted by Gasteiger charge is -2.08. The number of rotatable bonds is 7.